The Morgan fingerprint density at radius 1 is 1.27 bits per heavy atom. The molecule has 0 saturated carbocycles. The number of nitrogens with zero attached hydrogens (tertiary/aromatic N) is 1. The molecule has 0 spiro atoms. The minimum Gasteiger partial charge on any atom is -0.398 e. The van der Waals surface area contributed by atoms with Crippen molar-refractivity contribution >= 4 is 22.0 Å². The monoisotopic (exact) mass is 390 g/mol. The van der Waals surface area contributed by atoms with Gasteiger partial charge in [0.05, 0.1) is 6.10 Å². The molecule has 9 heteroatoms. The summed E-state index contributed by atoms with van der Waals surface area (Å²) in [5.41, 5.74) is 8.92. The number of hydrogen-bond donors (Lipinski definition) is 2. The molecule has 0 aromatic heterocycles. The number of anilines is 1. The fourth-order valence-corrected chi connectivity index (χ4v) is 2.57. The maximum atomic E-state index is 11.5. The molecule has 1 aromatic carbocycles. The zero-order chi connectivity index (χ0) is 20.3. The molecule has 0 bridgehead atoms. The van der Waals surface area contributed by atoms with Crippen LogP contribution >= 0.6 is 0 Å². The molecule has 3 N–H and O–H groups in total. The van der Waals surface area contributed by atoms with Crippen LogP contribution in [0.25, 0.3) is 0 Å². The minimum atomic E-state index is -4.19. The summed E-state index contributed by atoms with van der Waals surface area (Å²) in [6.45, 7) is 8.27. The molecule has 0 radical (unpaired) electrons. The molecule has 150 valence electrons. The van der Waals surface area contributed by atoms with Crippen LogP contribution in [0.3, 0.4) is 0 Å². The number of carbonyl (C=O) groups excluding carboxylic acids is 1. The molecule has 1 rings (SSSR count). The second-order valence-electron chi connectivity index (χ2n) is 5.66. The van der Waals surface area contributed by atoms with E-state index in [0.717, 1.165) is 27.5 Å². The summed E-state index contributed by atoms with van der Waals surface area (Å²) in [4.78, 5) is 10.7. The number of ether oxygens (including phenoxy) is 1. The van der Waals surface area contributed by atoms with E-state index in [1.807, 2.05) is 39.0 Å². The maximum Gasteiger partial charge on any atom is 0.389 e. The van der Waals surface area contributed by atoms with Gasteiger partial charge in [0.1, 0.15) is 13.3 Å². The number of nitrogens with two attached hydrogens (primary N) is 1. The van der Waals surface area contributed by atoms with Crippen molar-refractivity contribution in [2.45, 2.75) is 47.1 Å². The highest BCUT2D eigenvalue weighted by atomic mass is 32.2. The summed E-state index contributed by atoms with van der Waals surface area (Å²) in [7, 11) is -4.19. The van der Waals surface area contributed by atoms with Crippen molar-refractivity contribution < 1.29 is 27.2 Å². The zero-order valence-corrected chi connectivity index (χ0v) is 16.9. The third-order valence-corrected chi connectivity index (χ3v) is 5.01. The first kappa shape index (κ1) is 24.3. The van der Waals surface area contributed by atoms with Gasteiger partial charge in [0.15, 0.2) is 0 Å². The van der Waals surface area contributed by atoms with E-state index in [-0.39, 0.29) is 19.4 Å². The Bertz CT molecular complexity index is 643. The number of benzene rings is 1. The van der Waals surface area contributed by atoms with Crippen molar-refractivity contribution in [3.05, 3.63) is 29.3 Å². The lowest BCUT2D eigenvalue weighted by Gasteiger charge is -2.20. The second-order valence-corrected chi connectivity index (χ2v) is 7.20. The van der Waals surface area contributed by atoms with E-state index in [1.165, 1.54) is 0 Å². The van der Waals surface area contributed by atoms with E-state index in [0.29, 0.717) is 0 Å². The number of nitrogen functional groups attached to an aromatic ring is 1. The molecule has 0 amide bonds. The van der Waals surface area contributed by atoms with Crippen LogP contribution in [-0.2, 0) is 24.0 Å². The summed E-state index contributed by atoms with van der Waals surface area (Å²) < 4.78 is 33.3. The number of aryl methyl sites for hydroxylation is 2. The van der Waals surface area contributed by atoms with E-state index in [1.54, 1.807) is 13.8 Å². The number of aliphatic hydroxyl groups excluding tert-OH is 1. The lowest BCUT2D eigenvalue weighted by molar-refractivity contribution is -0.137. The van der Waals surface area contributed by atoms with Gasteiger partial charge in [-0.25, -0.2) is 4.79 Å². The van der Waals surface area contributed by atoms with Gasteiger partial charge < -0.3 is 19.8 Å². The average molecular weight is 391 g/mol. The standard InChI is InChI=1S/C9H19NO6S.C8H11N/c1-4-8(3)15-7-10(5-2)17(13,14)16-9(12)6-11;1-6-4-3-5-7(2)8(6)9/h8,11H,4-7H2,1-3H3;3-5H,9H2,1-2H3. The summed E-state index contributed by atoms with van der Waals surface area (Å²) in [5, 5.41) is 8.42. The van der Waals surface area contributed by atoms with Crippen LogP contribution in [0.1, 0.15) is 38.3 Å². The predicted molar refractivity (Wildman–Crippen MR) is 101 cm³/mol. The predicted octanol–water partition coefficient (Wildman–Crippen LogP) is 1.75. The second kappa shape index (κ2) is 11.8. The average Bonchev–Trinajstić information content (AvgIpc) is 2.59. The molecule has 0 aliphatic carbocycles. The van der Waals surface area contributed by atoms with Gasteiger partial charge in [0.25, 0.3) is 0 Å². The Morgan fingerprint density at radius 2 is 1.81 bits per heavy atom. The van der Waals surface area contributed by atoms with Gasteiger partial charge in [-0.15, -0.1) is 4.31 Å². The third-order valence-electron chi connectivity index (χ3n) is 3.62. The van der Waals surface area contributed by atoms with Crippen molar-refractivity contribution in [3.8, 4) is 0 Å². The van der Waals surface area contributed by atoms with E-state index in [2.05, 4.69) is 4.18 Å². The lowest BCUT2D eigenvalue weighted by Crippen LogP contribution is -2.37. The molecular formula is C17H30N2O6S. The summed E-state index contributed by atoms with van der Waals surface area (Å²) in [6.07, 6.45) is 0.654. The Morgan fingerprint density at radius 3 is 2.19 bits per heavy atom. The van der Waals surface area contributed by atoms with E-state index in [9.17, 15) is 13.2 Å². The van der Waals surface area contributed by atoms with Gasteiger partial charge in [-0.2, -0.15) is 8.42 Å². The first-order valence-electron chi connectivity index (χ1n) is 8.35. The molecule has 26 heavy (non-hydrogen) atoms. The van der Waals surface area contributed by atoms with Gasteiger partial charge in [0, 0.05) is 12.2 Å². The van der Waals surface area contributed by atoms with Crippen molar-refractivity contribution in [3.63, 3.8) is 0 Å². The number of rotatable bonds is 8. The van der Waals surface area contributed by atoms with E-state index in [4.69, 9.17) is 15.6 Å². The third kappa shape index (κ3) is 8.61. The smallest absolute Gasteiger partial charge is 0.389 e. The van der Waals surface area contributed by atoms with Crippen LogP contribution in [0, 0.1) is 13.8 Å². The molecule has 0 aliphatic rings. The summed E-state index contributed by atoms with van der Waals surface area (Å²) >= 11 is 0. The van der Waals surface area contributed by atoms with Crippen LogP contribution < -0.4 is 5.73 Å². The van der Waals surface area contributed by atoms with Crippen LogP contribution in [-0.4, -0.2) is 49.8 Å². The number of carbonyl (C=O) groups is 1. The molecule has 1 unspecified atom stereocenters. The molecule has 0 fully saturated rings. The normalized spacial score (nSPS) is 12.3. The lowest BCUT2D eigenvalue weighted by atomic mass is 10.1. The van der Waals surface area contributed by atoms with Crippen LogP contribution in [0.2, 0.25) is 0 Å². The van der Waals surface area contributed by atoms with Crippen molar-refractivity contribution in [2.75, 3.05) is 25.6 Å². The molecule has 0 heterocycles. The highest BCUT2D eigenvalue weighted by Gasteiger charge is 2.25. The van der Waals surface area contributed by atoms with Gasteiger partial charge in [-0.3, -0.25) is 0 Å². The molecule has 1 atom stereocenters. The largest absolute Gasteiger partial charge is 0.398 e. The van der Waals surface area contributed by atoms with Crippen LogP contribution in [0.5, 0.6) is 0 Å². The van der Waals surface area contributed by atoms with Crippen molar-refractivity contribution in [1.29, 1.82) is 0 Å². The number of hydrogen-bond acceptors (Lipinski definition) is 7. The minimum absolute atomic E-state index is 0.0900. The van der Waals surface area contributed by atoms with Gasteiger partial charge in [-0.05, 0) is 38.3 Å². The molecule has 8 nitrogen and oxygen atoms in total. The summed E-state index contributed by atoms with van der Waals surface area (Å²) in [6, 6.07) is 6.05. The van der Waals surface area contributed by atoms with Gasteiger partial charge in [0.2, 0.25) is 0 Å². The van der Waals surface area contributed by atoms with Crippen molar-refractivity contribution in [1.82, 2.24) is 4.31 Å². The first-order valence-corrected chi connectivity index (χ1v) is 9.72. The first-order chi connectivity index (χ1) is 12.1. The summed E-state index contributed by atoms with van der Waals surface area (Å²) in [5.74, 6) is -1.22. The maximum absolute atomic E-state index is 11.5. The number of aliphatic hydroxyl groups is 1. The van der Waals surface area contributed by atoms with Crippen LogP contribution in [0.15, 0.2) is 18.2 Å². The Balaban J connectivity index is 0.000000577. The fraction of sp³-hybridized carbons (Fsp3) is 0.588. The quantitative estimate of drug-likeness (QED) is 0.512. The van der Waals surface area contributed by atoms with E-state index < -0.39 is 22.9 Å². The topological polar surface area (TPSA) is 119 Å². The Kier molecular flexibility index (Phi) is 11.1. The fourth-order valence-electron chi connectivity index (χ4n) is 1.67. The van der Waals surface area contributed by atoms with E-state index >= 15 is 0 Å². The van der Waals surface area contributed by atoms with Gasteiger partial charge in [-0.1, -0.05) is 32.0 Å². The highest BCUT2D eigenvalue weighted by molar-refractivity contribution is 7.84. The zero-order valence-electron chi connectivity index (χ0n) is 16.1. The molecule has 0 saturated heterocycles. The van der Waals surface area contributed by atoms with Crippen molar-refractivity contribution in [2.24, 2.45) is 0 Å². The highest BCUT2D eigenvalue weighted by Crippen LogP contribution is 2.13. The SMILES string of the molecule is CCC(C)OCN(CC)S(=O)(=O)OC(=O)CO.Cc1cccc(C)c1N. The molecule has 1 aromatic rings. The molecule has 0 aliphatic heterocycles. The molecular weight excluding hydrogens is 360 g/mol. The Labute approximate surface area is 156 Å². The van der Waals surface area contributed by atoms with Crippen LogP contribution in [0.4, 0.5) is 5.69 Å². The van der Waals surface area contributed by atoms with Gasteiger partial charge >= 0.3 is 16.3 Å². The Hall–Kier alpha value is -1.68. The number of para-hydroxylation sites is 1.